The Morgan fingerprint density at radius 3 is 2.88 bits per heavy atom. The fourth-order valence-electron chi connectivity index (χ4n) is 4.79. The van der Waals surface area contributed by atoms with Gasteiger partial charge in [0, 0.05) is 62.0 Å². The molecule has 34 heavy (non-hydrogen) atoms. The van der Waals surface area contributed by atoms with Gasteiger partial charge in [-0.3, -0.25) is 19.7 Å². The third-order valence-corrected chi connectivity index (χ3v) is 6.50. The number of rotatable bonds is 5. The lowest BCUT2D eigenvalue weighted by molar-refractivity contribution is 0.0701. The maximum atomic E-state index is 12.8. The second-order valence-corrected chi connectivity index (χ2v) is 8.75. The van der Waals surface area contributed by atoms with Crippen molar-refractivity contribution in [2.75, 3.05) is 13.1 Å². The lowest BCUT2D eigenvalue weighted by Crippen LogP contribution is -2.39. The van der Waals surface area contributed by atoms with Crippen LogP contribution >= 0.6 is 0 Å². The first-order chi connectivity index (χ1) is 16.5. The van der Waals surface area contributed by atoms with Gasteiger partial charge in [0.25, 0.3) is 5.91 Å². The van der Waals surface area contributed by atoms with Crippen LogP contribution < -0.4 is 0 Å². The van der Waals surface area contributed by atoms with Crippen LogP contribution in [-0.4, -0.2) is 49.4 Å². The molecule has 0 radical (unpaired) electrons. The zero-order valence-corrected chi connectivity index (χ0v) is 18.9. The van der Waals surface area contributed by atoms with Crippen LogP contribution in [0.25, 0.3) is 10.9 Å². The summed E-state index contributed by atoms with van der Waals surface area (Å²) in [4.78, 5) is 31.7. The molecule has 1 amide bonds. The number of hydrogen-bond donors (Lipinski definition) is 1. The highest BCUT2D eigenvalue weighted by atomic mass is 16.2. The number of carbonyl (C=O) groups excluding carboxylic acids is 2. The number of amides is 1. The number of nitrogens with zero attached hydrogens (tertiary/aromatic N) is 5. The maximum Gasteiger partial charge on any atom is 0.271 e. The number of nitrogens with one attached hydrogen (secondary N) is 1. The number of pyridine rings is 1. The number of benzene rings is 1. The van der Waals surface area contributed by atoms with Crippen LogP contribution in [0.2, 0.25) is 0 Å². The van der Waals surface area contributed by atoms with Gasteiger partial charge in [-0.25, -0.2) is 0 Å². The topological polar surface area (TPSA) is 108 Å². The molecule has 1 atom stereocenters. The zero-order chi connectivity index (χ0) is 23.7. The number of carbonyl (C=O) groups is 2. The largest absolute Gasteiger partial charge is 0.350 e. The number of ketones is 1. The first-order valence-electron chi connectivity index (χ1n) is 11.3. The summed E-state index contributed by atoms with van der Waals surface area (Å²) < 4.78 is 2.10. The molecule has 5 rings (SSSR count). The molecule has 3 aromatic heterocycles. The van der Waals surface area contributed by atoms with Crippen molar-refractivity contribution in [3.8, 4) is 6.07 Å². The van der Waals surface area contributed by atoms with Crippen LogP contribution in [0.5, 0.6) is 0 Å². The third kappa shape index (κ3) is 4.08. The van der Waals surface area contributed by atoms with E-state index in [9.17, 15) is 9.59 Å². The highest BCUT2D eigenvalue weighted by molar-refractivity contribution is 5.97. The molecule has 4 aromatic rings. The summed E-state index contributed by atoms with van der Waals surface area (Å²) in [6, 6.07) is 12.9. The lowest BCUT2D eigenvalue weighted by atomic mass is 9.89. The van der Waals surface area contributed by atoms with Gasteiger partial charge < -0.3 is 9.47 Å². The van der Waals surface area contributed by atoms with Gasteiger partial charge in [-0.1, -0.05) is 6.07 Å². The number of Topliss-reactive ketones (excluding diaryl/α,β-unsaturated/α-hetero) is 1. The Hall–Kier alpha value is -4.25. The highest BCUT2D eigenvalue weighted by Crippen LogP contribution is 2.34. The minimum absolute atomic E-state index is 0.0270. The Bertz CT molecular complexity index is 1410. The first kappa shape index (κ1) is 21.6. The minimum Gasteiger partial charge on any atom is -0.350 e. The molecule has 1 fully saturated rings. The normalized spacial score (nSPS) is 15.9. The predicted octanol–water partition coefficient (Wildman–Crippen LogP) is 3.61. The van der Waals surface area contributed by atoms with Gasteiger partial charge in [-0.05, 0) is 54.3 Å². The average Bonchev–Trinajstić information content (AvgIpc) is 3.52. The molecular weight excluding hydrogens is 428 g/mol. The Balaban J connectivity index is 1.41. The number of aromatic amines is 1. The van der Waals surface area contributed by atoms with Crippen molar-refractivity contribution in [2.45, 2.75) is 25.2 Å². The summed E-state index contributed by atoms with van der Waals surface area (Å²) in [5, 5.41) is 16.9. The number of piperidine rings is 1. The molecule has 8 nitrogen and oxygen atoms in total. The van der Waals surface area contributed by atoms with E-state index in [4.69, 9.17) is 5.26 Å². The first-order valence-corrected chi connectivity index (χ1v) is 11.3. The number of H-pyrrole nitrogens is 1. The lowest BCUT2D eigenvalue weighted by Gasteiger charge is -2.32. The van der Waals surface area contributed by atoms with E-state index in [1.165, 1.54) is 17.8 Å². The Morgan fingerprint density at radius 2 is 2.09 bits per heavy atom. The van der Waals surface area contributed by atoms with Crippen LogP contribution in [0, 0.1) is 11.3 Å². The van der Waals surface area contributed by atoms with Crippen LogP contribution in [0.15, 0.2) is 55.0 Å². The number of likely N-dealkylation sites (tertiary alicyclic amines) is 1. The summed E-state index contributed by atoms with van der Waals surface area (Å²) in [5.74, 6) is 0.0630. The van der Waals surface area contributed by atoms with E-state index in [0.29, 0.717) is 23.5 Å². The van der Waals surface area contributed by atoms with Gasteiger partial charge in [-0.15, -0.1) is 0 Å². The van der Waals surface area contributed by atoms with E-state index in [0.717, 1.165) is 35.9 Å². The van der Waals surface area contributed by atoms with Gasteiger partial charge in [0.1, 0.15) is 11.4 Å². The molecule has 170 valence electrons. The van der Waals surface area contributed by atoms with Crippen LogP contribution in [-0.2, 0) is 13.5 Å². The molecule has 1 aliphatic rings. The Labute approximate surface area is 196 Å². The smallest absolute Gasteiger partial charge is 0.271 e. The summed E-state index contributed by atoms with van der Waals surface area (Å²) >= 11 is 0. The molecule has 0 spiro atoms. The van der Waals surface area contributed by atoms with Gasteiger partial charge in [-0.2, -0.15) is 10.4 Å². The van der Waals surface area contributed by atoms with E-state index < -0.39 is 0 Å². The van der Waals surface area contributed by atoms with Gasteiger partial charge >= 0.3 is 0 Å². The van der Waals surface area contributed by atoms with Crippen LogP contribution in [0.4, 0.5) is 0 Å². The van der Waals surface area contributed by atoms with E-state index in [-0.39, 0.29) is 24.0 Å². The van der Waals surface area contributed by atoms with Crippen molar-refractivity contribution < 1.29 is 9.59 Å². The Morgan fingerprint density at radius 1 is 1.21 bits per heavy atom. The zero-order valence-electron chi connectivity index (χ0n) is 18.9. The van der Waals surface area contributed by atoms with Crippen LogP contribution in [0.1, 0.15) is 56.4 Å². The molecule has 0 bridgehead atoms. The molecule has 0 saturated carbocycles. The van der Waals surface area contributed by atoms with Crippen molar-refractivity contribution in [3.05, 3.63) is 83.1 Å². The number of aryl methyl sites for hydroxylation is 1. The molecular formula is C26H24N6O2. The van der Waals surface area contributed by atoms with Gasteiger partial charge in [0.15, 0.2) is 5.78 Å². The van der Waals surface area contributed by atoms with E-state index in [1.54, 1.807) is 18.3 Å². The third-order valence-electron chi connectivity index (χ3n) is 6.50. The Kier molecular flexibility index (Phi) is 5.68. The summed E-state index contributed by atoms with van der Waals surface area (Å²) in [5.41, 5.74) is 4.41. The highest BCUT2D eigenvalue weighted by Gasteiger charge is 2.28. The molecule has 4 heterocycles. The SMILES string of the molecule is Cn1cc(C2CCCN(C(=O)c3ccn[nH]3)C2)c2cc(CC(=O)c3cc(C#N)ccn3)ccc21. The summed E-state index contributed by atoms with van der Waals surface area (Å²) in [6.45, 7) is 1.37. The molecule has 1 saturated heterocycles. The predicted molar refractivity (Wildman–Crippen MR) is 126 cm³/mol. The summed E-state index contributed by atoms with van der Waals surface area (Å²) in [7, 11) is 2.02. The van der Waals surface area contributed by atoms with E-state index >= 15 is 0 Å². The molecule has 0 aliphatic carbocycles. The van der Waals surface area contributed by atoms with Crippen molar-refractivity contribution in [1.29, 1.82) is 5.26 Å². The molecule has 1 N–H and O–H groups in total. The van der Waals surface area contributed by atoms with Crippen LogP contribution in [0.3, 0.4) is 0 Å². The monoisotopic (exact) mass is 452 g/mol. The van der Waals surface area contributed by atoms with Gasteiger partial charge in [0.05, 0.1) is 11.6 Å². The van der Waals surface area contributed by atoms with Crippen molar-refractivity contribution >= 4 is 22.6 Å². The van der Waals surface area contributed by atoms with E-state index in [2.05, 4.69) is 32.0 Å². The minimum atomic E-state index is -0.122. The number of aromatic nitrogens is 4. The van der Waals surface area contributed by atoms with E-state index in [1.807, 2.05) is 30.1 Å². The van der Waals surface area contributed by atoms with Crippen molar-refractivity contribution in [3.63, 3.8) is 0 Å². The molecule has 8 heteroatoms. The van der Waals surface area contributed by atoms with Crippen molar-refractivity contribution in [1.82, 2.24) is 24.6 Å². The molecule has 1 aromatic carbocycles. The number of nitriles is 1. The quantitative estimate of drug-likeness (QED) is 0.466. The molecule has 1 unspecified atom stereocenters. The fourth-order valence-corrected chi connectivity index (χ4v) is 4.79. The second kappa shape index (κ2) is 8.94. The fraction of sp³-hybridized carbons (Fsp3) is 0.269. The van der Waals surface area contributed by atoms with Gasteiger partial charge in [0.2, 0.25) is 0 Å². The average molecular weight is 453 g/mol. The number of fused-ring (bicyclic) bond motifs is 1. The van der Waals surface area contributed by atoms with Crippen molar-refractivity contribution in [2.24, 2.45) is 7.05 Å². The molecule has 1 aliphatic heterocycles. The second-order valence-electron chi connectivity index (χ2n) is 8.75. The number of hydrogen-bond acceptors (Lipinski definition) is 5. The maximum absolute atomic E-state index is 12.8. The standard InChI is InChI=1S/C26H24N6O2/c1-31-16-21(19-3-2-10-32(15-19)26(34)22-7-9-29-30-22)20-11-17(4-5-24(20)31)13-25(33)23-12-18(14-27)6-8-28-23/h4-9,11-12,16,19H,2-3,10,13,15H2,1H3,(H,29,30). The summed E-state index contributed by atoms with van der Waals surface area (Å²) in [6.07, 6.45) is 7.36.